The predicted molar refractivity (Wildman–Crippen MR) is 68.8 cm³/mol. The van der Waals surface area contributed by atoms with E-state index >= 15 is 0 Å². The SMILES string of the molecule is CCOc1cccc(N)c1C(=O)OCC(C)OC. The Morgan fingerprint density at radius 2 is 2.17 bits per heavy atom. The molecule has 2 N–H and O–H groups in total. The Morgan fingerprint density at radius 1 is 1.44 bits per heavy atom. The van der Waals surface area contributed by atoms with Gasteiger partial charge in [0, 0.05) is 12.8 Å². The van der Waals surface area contributed by atoms with E-state index in [1.165, 1.54) is 0 Å². The zero-order valence-corrected chi connectivity index (χ0v) is 10.9. The van der Waals surface area contributed by atoms with Crippen LogP contribution in [0.2, 0.25) is 0 Å². The van der Waals surface area contributed by atoms with Crippen molar-refractivity contribution < 1.29 is 19.0 Å². The highest BCUT2D eigenvalue weighted by Crippen LogP contribution is 2.25. The minimum Gasteiger partial charge on any atom is -0.493 e. The van der Waals surface area contributed by atoms with E-state index < -0.39 is 5.97 Å². The van der Waals surface area contributed by atoms with Crippen molar-refractivity contribution in [1.82, 2.24) is 0 Å². The highest BCUT2D eigenvalue weighted by molar-refractivity contribution is 5.98. The molecule has 0 aliphatic heterocycles. The maximum atomic E-state index is 11.9. The topological polar surface area (TPSA) is 70.8 Å². The Balaban J connectivity index is 2.83. The van der Waals surface area contributed by atoms with Gasteiger partial charge in [0.2, 0.25) is 0 Å². The van der Waals surface area contributed by atoms with E-state index in [0.717, 1.165) is 0 Å². The number of carbonyl (C=O) groups excluding carboxylic acids is 1. The molecule has 0 aliphatic carbocycles. The van der Waals surface area contributed by atoms with Crippen LogP contribution in [0.5, 0.6) is 5.75 Å². The Bertz CT molecular complexity index is 406. The fourth-order valence-corrected chi connectivity index (χ4v) is 1.38. The summed E-state index contributed by atoms with van der Waals surface area (Å²) < 4.78 is 15.5. The maximum absolute atomic E-state index is 11.9. The van der Waals surface area contributed by atoms with Crippen LogP contribution in [0.15, 0.2) is 18.2 Å². The largest absolute Gasteiger partial charge is 0.493 e. The molecule has 1 rings (SSSR count). The lowest BCUT2D eigenvalue weighted by Crippen LogP contribution is -2.19. The normalized spacial score (nSPS) is 11.9. The first-order valence-electron chi connectivity index (χ1n) is 5.81. The highest BCUT2D eigenvalue weighted by atomic mass is 16.6. The van der Waals surface area contributed by atoms with Gasteiger partial charge in [-0.05, 0) is 26.0 Å². The molecule has 0 amide bonds. The van der Waals surface area contributed by atoms with Gasteiger partial charge in [0.25, 0.3) is 0 Å². The second kappa shape index (κ2) is 6.86. The summed E-state index contributed by atoms with van der Waals surface area (Å²) in [6, 6.07) is 5.06. The van der Waals surface area contributed by atoms with E-state index in [9.17, 15) is 4.79 Å². The van der Waals surface area contributed by atoms with Crippen LogP contribution in [-0.2, 0) is 9.47 Å². The van der Waals surface area contributed by atoms with Gasteiger partial charge in [-0.3, -0.25) is 0 Å². The first kappa shape index (κ1) is 14.3. The summed E-state index contributed by atoms with van der Waals surface area (Å²) in [6.07, 6.45) is -0.158. The van der Waals surface area contributed by atoms with Crippen LogP contribution in [0.3, 0.4) is 0 Å². The number of hydrogen-bond acceptors (Lipinski definition) is 5. The fourth-order valence-electron chi connectivity index (χ4n) is 1.38. The molecule has 0 spiro atoms. The van der Waals surface area contributed by atoms with Crippen molar-refractivity contribution in [1.29, 1.82) is 0 Å². The van der Waals surface area contributed by atoms with Crippen molar-refractivity contribution in [2.45, 2.75) is 20.0 Å². The predicted octanol–water partition coefficient (Wildman–Crippen LogP) is 1.86. The summed E-state index contributed by atoms with van der Waals surface area (Å²) in [5.41, 5.74) is 6.39. The minimum absolute atomic E-state index is 0.158. The zero-order chi connectivity index (χ0) is 13.5. The lowest BCUT2D eigenvalue weighted by molar-refractivity contribution is 0.0167. The lowest BCUT2D eigenvalue weighted by atomic mass is 10.1. The van der Waals surface area contributed by atoms with Crippen LogP contribution in [0.1, 0.15) is 24.2 Å². The lowest BCUT2D eigenvalue weighted by Gasteiger charge is -2.14. The number of carbonyl (C=O) groups is 1. The standard InChI is InChI=1S/C13H19NO4/c1-4-17-11-7-5-6-10(14)12(11)13(15)18-8-9(2)16-3/h5-7,9H,4,8,14H2,1-3H3. The van der Waals surface area contributed by atoms with Crippen molar-refractivity contribution in [3.63, 3.8) is 0 Å². The molecule has 0 aliphatic rings. The molecule has 1 aromatic carbocycles. The van der Waals surface area contributed by atoms with Gasteiger partial charge in [0.1, 0.15) is 17.9 Å². The van der Waals surface area contributed by atoms with E-state index in [2.05, 4.69) is 0 Å². The smallest absolute Gasteiger partial charge is 0.344 e. The number of esters is 1. The maximum Gasteiger partial charge on any atom is 0.344 e. The van der Waals surface area contributed by atoms with Crippen molar-refractivity contribution >= 4 is 11.7 Å². The van der Waals surface area contributed by atoms with Crippen LogP contribution in [0.4, 0.5) is 5.69 Å². The van der Waals surface area contributed by atoms with Gasteiger partial charge in [0.15, 0.2) is 0 Å². The molecule has 1 aromatic rings. The number of methoxy groups -OCH3 is 1. The second-order valence-electron chi connectivity index (χ2n) is 3.80. The molecule has 18 heavy (non-hydrogen) atoms. The van der Waals surface area contributed by atoms with E-state index in [0.29, 0.717) is 18.0 Å². The average Bonchev–Trinajstić information content (AvgIpc) is 2.36. The molecule has 0 radical (unpaired) electrons. The molecule has 0 fully saturated rings. The minimum atomic E-state index is -0.500. The quantitative estimate of drug-likeness (QED) is 0.619. The summed E-state index contributed by atoms with van der Waals surface area (Å²) in [5.74, 6) is -0.0620. The first-order chi connectivity index (χ1) is 8.60. The average molecular weight is 253 g/mol. The van der Waals surface area contributed by atoms with Gasteiger partial charge in [-0.2, -0.15) is 0 Å². The van der Waals surface area contributed by atoms with Crippen molar-refractivity contribution in [3.8, 4) is 5.75 Å². The molecule has 1 atom stereocenters. The van der Waals surface area contributed by atoms with Crippen LogP contribution >= 0.6 is 0 Å². The summed E-state index contributed by atoms with van der Waals surface area (Å²) >= 11 is 0. The molecule has 0 aromatic heterocycles. The van der Waals surface area contributed by atoms with E-state index in [1.54, 1.807) is 25.3 Å². The van der Waals surface area contributed by atoms with Crippen LogP contribution < -0.4 is 10.5 Å². The summed E-state index contributed by atoms with van der Waals surface area (Å²) in [5, 5.41) is 0. The second-order valence-corrected chi connectivity index (χ2v) is 3.80. The van der Waals surface area contributed by atoms with E-state index in [1.807, 2.05) is 13.8 Å². The van der Waals surface area contributed by atoms with Crippen molar-refractivity contribution in [2.75, 3.05) is 26.1 Å². The van der Waals surface area contributed by atoms with Gasteiger partial charge in [-0.15, -0.1) is 0 Å². The van der Waals surface area contributed by atoms with E-state index in [-0.39, 0.29) is 18.3 Å². The molecule has 5 nitrogen and oxygen atoms in total. The Morgan fingerprint density at radius 3 is 2.78 bits per heavy atom. The van der Waals surface area contributed by atoms with Crippen molar-refractivity contribution in [2.24, 2.45) is 0 Å². The number of anilines is 1. The third-order valence-electron chi connectivity index (χ3n) is 2.41. The van der Waals surface area contributed by atoms with Gasteiger partial charge >= 0.3 is 5.97 Å². The summed E-state index contributed by atoms with van der Waals surface area (Å²) in [4.78, 5) is 11.9. The molecule has 0 heterocycles. The zero-order valence-electron chi connectivity index (χ0n) is 10.9. The monoisotopic (exact) mass is 253 g/mol. The molecule has 5 heteroatoms. The number of nitrogens with two attached hydrogens (primary N) is 1. The Labute approximate surface area is 107 Å². The van der Waals surface area contributed by atoms with Crippen molar-refractivity contribution in [3.05, 3.63) is 23.8 Å². The van der Waals surface area contributed by atoms with Gasteiger partial charge in [-0.25, -0.2) is 4.79 Å². The van der Waals surface area contributed by atoms with Crippen LogP contribution in [-0.4, -0.2) is 32.4 Å². The third kappa shape index (κ3) is 3.63. The number of benzene rings is 1. The number of nitrogen functional groups attached to an aromatic ring is 1. The van der Waals surface area contributed by atoms with Crippen LogP contribution in [0, 0.1) is 0 Å². The van der Waals surface area contributed by atoms with Crippen LogP contribution in [0.25, 0.3) is 0 Å². The Hall–Kier alpha value is -1.75. The first-order valence-corrected chi connectivity index (χ1v) is 5.81. The summed E-state index contributed by atoms with van der Waals surface area (Å²) in [7, 11) is 1.56. The highest BCUT2D eigenvalue weighted by Gasteiger charge is 2.18. The third-order valence-corrected chi connectivity index (χ3v) is 2.41. The fraction of sp³-hybridized carbons (Fsp3) is 0.462. The molecular weight excluding hydrogens is 234 g/mol. The Kier molecular flexibility index (Phi) is 5.45. The number of hydrogen-bond donors (Lipinski definition) is 1. The molecule has 100 valence electrons. The molecule has 0 saturated heterocycles. The molecule has 0 saturated carbocycles. The van der Waals surface area contributed by atoms with Gasteiger partial charge in [-0.1, -0.05) is 6.07 Å². The molecule has 0 bridgehead atoms. The molecular formula is C13H19NO4. The number of rotatable bonds is 6. The van der Waals surface area contributed by atoms with E-state index in [4.69, 9.17) is 19.9 Å². The van der Waals surface area contributed by atoms with Gasteiger partial charge < -0.3 is 19.9 Å². The molecule has 1 unspecified atom stereocenters. The summed E-state index contributed by atoms with van der Waals surface area (Å²) in [6.45, 7) is 4.28. The number of ether oxygens (including phenoxy) is 3. The van der Waals surface area contributed by atoms with Gasteiger partial charge in [0.05, 0.1) is 12.7 Å².